The van der Waals surface area contributed by atoms with Gasteiger partial charge in [-0.25, -0.2) is 4.79 Å². The highest BCUT2D eigenvalue weighted by Gasteiger charge is 2.21. The summed E-state index contributed by atoms with van der Waals surface area (Å²) in [7, 11) is 0. The third-order valence-corrected chi connectivity index (χ3v) is 6.21. The lowest BCUT2D eigenvalue weighted by atomic mass is 9.97. The van der Waals surface area contributed by atoms with E-state index < -0.39 is 17.5 Å². The number of carbonyl (C=O) groups excluding carboxylic acids is 2. The summed E-state index contributed by atoms with van der Waals surface area (Å²) in [4.78, 5) is 37.9. The second-order valence-corrected chi connectivity index (χ2v) is 8.79. The molecule has 41 heavy (non-hydrogen) atoms. The quantitative estimate of drug-likeness (QED) is 0.163. The molecule has 6 N–H and O–H groups in total. The molecule has 0 atom stereocenters. The van der Waals surface area contributed by atoms with E-state index in [2.05, 4.69) is 0 Å². The first-order chi connectivity index (χ1) is 19.5. The van der Waals surface area contributed by atoms with E-state index in [-0.39, 0.29) is 56.6 Å². The van der Waals surface area contributed by atoms with Crippen LogP contribution in [0.3, 0.4) is 0 Å². The molecular weight excluding hydrogens is 530 g/mol. The lowest BCUT2D eigenvalue weighted by Gasteiger charge is -2.21. The Morgan fingerprint density at radius 1 is 0.561 bits per heavy atom. The molecule has 4 rings (SSSR count). The fraction of sp³-hybridized carbons (Fsp3) is 0.129. The molecule has 0 aliphatic carbocycles. The highest BCUT2D eigenvalue weighted by atomic mass is 16.4. The molecule has 10 heteroatoms. The van der Waals surface area contributed by atoms with Crippen LogP contribution in [-0.4, -0.2) is 61.3 Å². The molecule has 0 spiro atoms. The first-order valence-corrected chi connectivity index (χ1v) is 12.5. The lowest BCUT2D eigenvalue weighted by molar-refractivity contribution is 0.0692. The number of hydrogen-bond acceptors (Lipinski definition) is 9. The van der Waals surface area contributed by atoms with E-state index in [4.69, 9.17) is 10.2 Å². The predicted molar refractivity (Wildman–Crippen MR) is 151 cm³/mol. The Labute approximate surface area is 235 Å². The van der Waals surface area contributed by atoms with Crippen LogP contribution in [0.4, 0.5) is 5.69 Å². The van der Waals surface area contributed by atoms with E-state index in [1.165, 1.54) is 48.5 Å². The number of phenolic OH excluding ortho intramolecular Hbond substituents is 5. The number of anilines is 1. The monoisotopic (exact) mass is 559 g/mol. The number of benzene rings is 4. The van der Waals surface area contributed by atoms with Crippen LogP contribution < -0.4 is 4.90 Å². The number of ketones is 2. The second-order valence-electron chi connectivity index (χ2n) is 8.79. The van der Waals surface area contributed by atoms with E-state index in [9.17, 15) is 34.8 Å². The van der Waals surface area contributed by atoms with Crippen molar-refractivity contribution in [3.63, 3.8) is 0 Å². The van der Waals surface area contributed by atoms with Gasteiger partial charge < -0.3 is 35.5 Å². The normalized spacial score (nSPS) is 10.3. The Kier molecular flexibility index (Phi) is 9.54. The van der Waals surface area contributed by atoms with Crippen LogP contribution in [-0.2, 0) is 0 Å². The zero-order valence-corrected chi connectivity index (χ0v) is 22.3. The van der Waals surface area contributed by atoms with Gasteiger partial charge in [0.1, 0.15) is 28.7 Å². The first-order valence-electron chi connectivity index (χ1n) is 12.5. The molecule has 10 nitrogen and oxygen atoms in total. The van der Waals surface area contributed by atoms with Crippen molar-refractivity contribution in [2.45, 2.75) is 13.8 Å². The van der Waals surface area contributed by atoms with Crippen LogP contribution in [0.1, 0.15) is 56.0 Å². The van der Waals surface area contributed by atoms with E-state index in [1.54, 1.807) is 18.2 Å². The van der Waals surface area contributed by atoms with Crippen molar-refractivity contribution in [2.24, 2.45) is 0 Å². The molecule has 0 saturated heterocycles. The summed E-state index contributed by atoms with van der Waals surface area (Å²) < 4.78 is 0. The largest absolute Gasteiger partial charge is 0.508 e. The standard InChI is InChI=1S/C18H19NO4.C13H10O5/c1-3-19(4-2)12-9-10-15(16(20)11-12)17(21)13-7-5-6-8-14(13)18(22)23;14-7-1-3-9(11(16)5-7)13(18)10-4-2-8(15)6-12(10)17/h5-11,20H,3-4H2,1-2H3,(H,22,23);1-6,14-17H. The maximum atomic E-state index is 12.6. The molecule has 0 radical (unpaired) electrons. The molecule has 4 aromatic rings. The van der Waals surface area contributed by atoms with Crippen molar-refractivity contribution in [3.05, 3.63) is 107 Å². The summed E-state index contributed by atoms with van der Waals surface area (Å²) in [6, 6.07) is 17.9. The zero-order valence-electron chi connectivity index (χ0n) is 22.3. The molecule has 0 aromatic heterocycles. The van der Waals surface area contributed by atoms with E-state index >= 15 is 0 Å². The first kappa shape index (κ1) is 30.0. The van der Waals surface area contributed by atoms with Crippen LogP contribution in [0.5, 0.6) is 28.7 Å². The van der Waals surface area contributed by atoms with Crippen molar-refractivity contribution in [1.82, 2.24) is 0 Å². The highest BCUT2D eigenvalue weighted by molar-refractivity contribution is 6.15. The van der Waals surface area contributed by atoms with Gasteiger partial charge in [0.15, 0.2) is 11.6 Å². The molecule has 0 heterocycles. The number of carbonyl (C=O) groups is 3. The Balaban J connectivity index is 0.000000232. The molecule has 0 saturated carbocycles. The number of rotatable bonds is 8. The van der Waals surface area contributed by atoms with E-state index in [1.807, 2.05) is 18.7 Å². The molecule has 0 bridgehead atoms. The fourth-order valence-corrected chi connectivity index (χ4v) is 4.08. The Morgan fingerprint density at radius 3 is 1.39 bits per heavy atom. The van der Waals surface area contributed by atoms with Gasteiger partial charge in [-0.2, -0.15) is 0 Å². The van der Waals surface area contributed by atoms with Crippen LogP contribution in [0.25, 0.3) is 0 Å². The van der Waals surface area contributed by atoms with Gasteiger partial charge >= 0.3 is 5.97 Å². The SMILES string of the molecule is CCN(CC)c1ccc(C(=O)c2ccccc2C(=O)O)c(O)c1.O=C(c1ccc(O)cc1O)c1ccc(O)cc1O. The van der Waals surface area contributed by atoms with Gasteiger partial charge in [-0.1, -0.05) is 18.2 Å². The second kappa shape index (κ2) is 13.0. The van der Waals surface area contributed by atoms with Crippen LogP contribution >= 0.6 is 0 Å². The minimum atomic E-state index is -1.17. The summed E-state index contributed by atoms with van der Waals surface area (Å²) in [5.41, 5.74) is 0.795. The number of carboxylic acids is 1. The lowest BCUT2D eigenvalue weighted by Crippen LogP contribution is -2.21. The molecule has 212 valence electrons. The van der Waals surface area contributed by atoms with Gasteiger partial charge in [0.25, 0.3) is 0 Å². The molecule has 0 unspecified atom stereocenters. The van der Waals surface area contributed by atoms with Gasteiger partial charge in [0, 0.05) is 42.5 Å². The third-order valence-electron chi connectivity index (χ3n) is 6.21. The fourth-order valence-electron chi connectivity index (χ4n) is 4.08. The molecule has 4 aromatic carbocycles. The van der Waals surface area contributed by atoms with Gasteiger partial charge in [0.2, 0.25) is 0 Å². The van der Waals surface area contributed by atoms with E-state index in [0.717, 1.165) is 30.9 Å². The number of phenols is 5. The topological polar surface area (TPSA) is 176 Å². The van der Waals surface area contributed by atoms with Crippen LogP contribution in [0.2, 0.25) is 0 Å². The Hall–Kier alpha value is -5.51. The van der Waals surface area contributed by atoms with Crippen LogP contribution in [0, 0.1) is 0 Å². The van der Waals surface area contributed by atoms with Gasteiger partial charge in [-0.15, -0.1) is 0 Å². The zero-order chi connectivity index (χ0) is 30.3. The van der Waals surface area contributed by atoms with Crippen molar-refractivity contribution < 1.29 is 45.0 Å². The van der Waals surface area contributed by atoms with Crippen LogP contribution in [0.15, 0.2) is 78.9 Å². The molecule has 0 aliphatic heterocycles. The van der Waals surface area contributed by atoms with Crippen molar-refractivity contribution >= 4 is 23.2 Å². The highest BCUT2D eigenvalue weighted by Crippen LogP contribution is 2.30. The molecule has 0 aliphatic rings. The number of hydrogen-bond donors (Lipinski definition) is 6. The molecule has 0 fully saturated rings. The summed E-state index contributed by atoms with van der Waals surface area (Å²) in [6.07, 6.45) is 0. The minimum absolute atomic E-state index is 0.0474. The summed E-state index contributed by atoms with van der Waals surface area (Å²) in [5, 5.41) is 56.8. The van der Waals surface area contributed by atoms with Gasteiger partial charge in [0.05, 0.1) is 22.3 Å². The minimum Gasteiger partial charge on any atom is -0.508 e. The summed E-state index contributed by atoms with van der Waals surface area (Å²) in [6.45, 7) is 5.57. The predicted octanol–water partition coefficient (Wildman–Crippen LogP) is 4.91. The maximum Gasteiger partial charge on any atom is 0.336 e. The number of aromatic carboxylic acids is 1. The van der Waals surface area contributed by atoms with Crippen molar-refractivity contribution in [2.75, 3.05) is 18.0 Å². The number of aromatic hydroxyl groups is 5. The maximum absolute atomic E-state index is 12.6. The Bertz CT molecular complexity index is 1540. The average Bonchev–Trinajstić information content (AvgIpc) is 2.93. The van der Waals surface area contributed by atoms with Crippen molar-refractivity contribution in [1.29, 1.82) is 0 Å². The smallest absolute Gasteiger partial charge is 0.336 e. The van der Waals surface area contributed by atoms with Gasteiger partial charge in [-0.05, 0) is 56.3 Å². The number of carboxylic acid groups (broad SMARTS) is 1. The molecular formula is C31H29NO9. The molecule has 0 amide bonds. The summed E-state index contributed by atoms with van der Waals surface area (Å²) in [5.74, 6) is -3.54. The summed E-state index contributed by atoms with van der Waals surface area (Å²) >= 11 is 0. The third kappa shape index (κ3) is 6.93. The Morgan fingerprint density at radius 2 is 0.976 bits per heavy atom. The van der Waals surface area contributed by atoms with Gasteiger partial charge in [-0.3, -0.25) is 9.59 Å². The van der Waals surface area contributed by atoms with Crippen molar-refractivity contribution in [3.8, 4) is 28.7 Å². The van der Waals surface area contributed by atoms with E-state index in [0.29, 0.717) is 0 Å². The number of nitrogens with zero attached hydrogens (tertiary/aromatic N) is 1. The average molecular weight is 560 g/mol.